The quantitative estimate of drug-likeness (QED) is 0.607. The van der Waals surface area contributed by atoms with Crippen molar-refractivity contribution in [2.45, 2.75) is 38.2 Å². The van der Waals surface area contributed by atoms with Gasteiger partial charge in [-0.3, -0.25) is 9.88 Å². The second-order valence-electron chi connectivity index (χ2n) is 8.54. The molecule has 2 heterocycles. The first-order chi connectivity index (χ1) is 15.6. The highest BCUT2D eigenvalue weighted by Gasteiger charge is 2.40. The molecule has 0 unspecified atom stereocenters. The first-order valence-electron chi connectivity index (χ1n) is 10.5. The van der Waals surface area contributed by atoms with Gasteiger partial charge in [0.2, 0.25) is 0 Å². The molecule has 3 atom stereocenters. The molecule has 7 nitrogen and oxygen atoms in total. The number of likely N-dealkylation sites (tertiary alicyclic amines) is 1. The van der Waals surface area contributed by atoms with Crippen LogP contribution in [-0.2, 0) is 16.1 Å². The Kier molecular flexibility index (Phi) is 11.2. The SMILES string of the molecule is CN(C)C[C@@H]1CCC[C@@H]2CN(Cc3cccnc3)C[C@@H]21.O=C(O)C(F)(F)F.O=C(O)C(F)(F)F. The number of hydrogen-bond donors (Lipinski definition) is 2. The summed E-state index contributed by atoms with van der Waals surface area (Å²) < 4.78 is 63.5. The van der Waals surface area contributed by atoms with Crippen molar-refractivity contribution >= 4 is 11.9 Å². The van der Waals surface area contributed by atoms with Crippen LogP contribution in [0.15, 0.2) is 24.5 Å². The normalized spacial score (nSPS) is 22.7. The van der Waals surface area contributed by atoms with Crippen molar-refractivity contribution in [3.05, 3.63) is 30.1 Å². The van der Waals surface area contributed by atoms with E-state index < -0.39 is 24.3 Å². The molecule has 1 aliphatic carbocycles. The highest BCUT2D eigenvalue weighted by atomic mass is 19.4. The average Bonchev–Trinajstić information content (AvgIpc) is 3.11. The lowest BCUT2D eigenvalue weighted by Gasteiger charge is -2.34. The molecule has 1 aromatic heterocycles. The number of fused-ring (bicyclic) bond motifs is 1. The first kappa shape index (κ1) is 29.6. The first-order valence-corrected chi connectivity index (χ1v) is 10.5. The van der Waals surface area contributed by atoms with E-state index in [0.717, 1.165) is 24.3 Å². The van der Waals surface area contributed by atoms with Gasteiger partial charge in [0.15, 0.2) is 0 Å². The van der Waals surface area contributed by atoms with Crippen LogP contribution in [0.4, 0.5) is 26.3 Å². The van der Waals surface area contributed by atoms with E-state index in [9.17, 15) is 26.3 Å². The molecular weight excluding hydrogens is 472 g/mol. The van der Waals surface area contributed by atoms with Crippen molar-refractivity contribution in [3.8, 4) is 0 Å². The minimum Gasteiger partial charge on any atom is -0.475 e. The van der Waals surface area contributed by atoms with Crippen LogP contribution < -0.4 is 0 Å². The number of alkyl halides is 6. The van der Waals surface area contributed by atoms with E-state index in [4.69, 9.17) is 19.8 Å². The lowest BCUT2D eigenvalue weighted by Crippen LogP contribution is -2.34. The number of rotatable bonds is 4. The number of carbonyl (C=O) groups is 2. The van der Waals surface area contributed by atoms with Gasteiger partial charge >= 0.3 is 24.3 Å². The zero-order chi connectivity index (χ0) is 26.1. The van der Waals surface area contributed by atoms with Crippen LogP contribution in [-0.4, -0.2) is 83.0 Å². The van der Waals surface area contributed by atoms with E-state index in [2.05, 4.69) is 34.9 Å². The third-order valence-corrected chi connectivity index (χ3v) is 5.54. The molecule has 1 saturated carbocycles. The zero-order valence-electron chi connectivity index (χ0n) is 18.8. The molecule has 0 spiro atoms. The van der Waals surface area contributed by atoms with Gasteiger partial charge < -0.3 is 15.1 Å². The zero-order valence-corrected chi connectivity index (χ0v) is 18.8. The summed E-state index contributed by atoms with van der Waals surface area (Å²) in [6, 6.07) is 4.25. The molecule has 13 heteroatoms. The van der Waals surface area contributed by atoms with Gasteiger partial charge in [0.1, 0.15) is 0 Å². The summed E-state index contributed by atoms with van der Waals surface area (Å²) in [6.45, 7) is 4.93. The van der Waals surface area contributed by atoms with E-state index in [1.807, 2.05) is 18.5 Å². The Morgan fingerprint density at radius 3 is 2.06 bits per heavy atom. The van der Waals surface area contributed by atoms with Crippen LogP contribution in [0.5, 0.6) is 0 Å². The van der Waals surface area contributed by atoms with Gasteiger partial charge in [-0.25, -0.2) is 9.59 Å². The maximum absolute atomic E-state index is 10.6. The molecule has 34 heavy (non-hydrogen) atoms. The average molecular weight is 501 g/mol. The number of aromatic nitrogens is 1. The smallest absolute Gasteiger partial charge is 0.475 e. The predicted octanol–water partition coefficient (Wildman–Crippen LogP) is 3.76. The van der Waals surface area contributed by atoms with Crippen LogP contribution in [0.2, 0.25) is 0 Å². The molecule has 0 radical (unpaired) electrons. The van der Waals surface area contributed by atoms with Gasteiger partial charge in [-0.05, 0) is 56.3 Å². The largest absolute Gasteiger partial charge is 0.490 e. The number of nitrogens with zero attached hydrogens (tertiary/aromatic N) is 3. The number of aliphatic carboxylic acids is 2. The van der Waals surface area contributed by atoms with Crippen LogP contribution in [0, 0.1) is 17.8 Å². The standard InChI is InChI=1S/C17H27N3.2C2HF3O2/c1-19(2)11-15-6-3-7-16-12-20(13-17(15)16)10-14-5-4-8-18-9-14;2*3-2(4,5)1(6)7/h4-5,8-9,15-17H,3,6-7,10-13H2,1-2H3;2*(H,6,7)/t15-,16+,17+;;/m0../s1. The monoisotopic (exact) mass is 501 g/mol. The molecule has 1 saturated heterocycles. The van der Waals surface area contributed by atoms with E-state index in [1.165, 1.54) is 44.5 Å². The third kappa shape index (κ3) is 10.7. The molecule has 0 amide bonds. The third-order valence-electron chi connectivity index (χ3n) is 5.54. The number of carboxylic acid groups (broad SMARTS) is 2. The van der Waals surface area contributed by atoms with Crippen LogP contribution in [0.1, 0.15) is 24.8 Å². The van der Waals surface area contributed by atoms with Gasteiger partial charge in [0.25, 0.3) is 0 Å². The van der Waals surface area contributed by atoms with E-state index in [0.29, 0.717) is 0 Å². The second kappa shape index (κ2) is 12.9. The number of halogens is 6. The molecule has 194 valence electrons. The van der Waals surface area contributed by atoms with Gasteiger partial charge in [0, 0.05) is 38.6 Å². The van der Waals surface area contributed by atoms with Gasteiger partial charge in [-0.2, -0.15) is 26.3 Å². The molecule has 0 aromatic carbocycles. The molecule has 0 bridgehead atoms. The van der Waals surface area contributed by atoms with Crippen LogP contribution in [0.3, 0.4) is 0 Å². The minimum atomic E-state index is -5.08. The van der Waals surface area contributed by atoms with Crippen molar-refractivity contribution < 1.29 is 46.1 Å². The van der Waals surface area contributed by atoms with Crippen molar-refractivity contribution in [3.63, 3.8) is 0 Å². The van der Waals surface area contributed by atoms with Crippen molar-refractivity contribution in [1.29, 1.82) is 0 Å². The fraction of sp³-hybridized carbons (Fsp3) is 0.667. The Morgan fingerprint density at radius 1 is 1.06 bits per heavy atom. The maximum Gasteiger partial charge on any atom is 0.490 e. The van der Waals surface area contributed by atoms with Crippen molar-refractivity contribution in [2.24, 2.45) is 17.8 Å². The number of pyridine rings is 1. The maximum atomic E-state index is 10.6. The lowest BCUT2D eigenvalue weighted by atomic mass is 9.74. The Labute approximate surface area is 193 Å². The Hall–Kier alpha value is -2.41. The van der Waals surface area contributed by atoms with Gasteiger partial charge in [0.05, 0.1) is 0 Å². The topological polar surface area (TPSA) is 94.0 Å². The van der Waals surface area contributed by atoms with Crippen molar-refractivity contribution in [1.82, 2.24) is 14.8 Å². The summed E-state index contributed by atoms with van der Waals surface area (Å²) >= 11 is 0. The lowest BCUT2D eigenvalue weighted by molar-refractivity contribution is -0.193. The summed E-state index contributed by atoms with van der Waals surface area (Å²) in [5.74, 6) is -2.75. The van der Waals surface area contributed by atoms with E-state index >= 15 is 0 Å². The fourth-order valence-corrected chi connectivity index (χ4v) is 4.26. The summed E-state index contributed by atoms with van der Waals surface area (Å²) in [4.78, 5) is 27.1. The van der Waals surface area contributed by atoms with Gasteiger partial charge in [-0.15, -0.1) is 0 Å². The van der Waals surface area contributed by atoms with Gasteiger partial charge in [-0.1, -0.05) is 12.5 Å². The molecule has 2 fully saturated rings. The summed E-state index contributed by atoms with van der Waals surface area (Å²) in [5, 5.41) is 14.2. The van der Waals surface area contributed by atoms with Crippen LogP contribution in [0.25, 0.3) is 0 Å². The fourth-order valence-electron chi connectivity index (χ4n) is 4.26. The molecular formula is C21H29F6N3O4. The Bertz CT molecular complexity index is 750. The second-order valence-corrected chi connectivity index (χ2v) is 8.54. The molecule has 2 aliphatic rings. The number of hydrogen-bond acceptors (Lipinski definition) is 5. The van der Waals surface area contributed by atoms with E-state index in [1.54, 1.807) is 0 Å². The molecule has 2 N–H and O–H groups in total. The number of carboxylic acids is 2. The summed E-state index contributed by atoms with van der Waals surface area (Å²) in [7, 11) is 4.43. The van der Waals surface area contributed by atoms with E-state index in [-0.39, 0.29) is 0 Å². The molecule has 1 aliphatic heterocycles. The molecule has 3 rings (SSSR count). The minimum absolute atomic E-state index is 0.905. The Balaban J connectivity index is 0.000000343. The highest BCUT2D eigenvalue weighted by molar-refractivity contribution is 5.73. The van der Waals surface area contributed by atoms with Crippen molar-refractivity contribution in [2.75, 3.05) is 33.7 Å². The summed E-state index contributed by atoms with van der Waals surface area (Å²) in [6.07, 6.45) is -1.99. The highest BCUT2D eigenvalue weighted by Crippen LogP contribution is 2.40. The van der Waals surface area contributed by atoms with Crippen LogP contribution >= 0.6 is 0 Å². The predicted molar refractivity (Wildman–Crippen MR) is 110 cm³/mol. The summed E-state index contributed by atoms with van der Waals surface area (Å²) in [5.41, 5.74) is 1.36. The molecule has 1 aromatic rings. The Morgan fingerprint density at radius 2 is 1.62 bits per heavy atom.